The highest BCUT2D eigenvalue weighted by Crippen LogP contribution is 2.31. The molecular weight excluding hydrogens is 416 g/mol. The Morgan fingerprint density at radius 2 is 1.88 bits per heavy atom. The molecule has 2 aromatic heterocycles. The molecule has 1 atom stereocenters. The van der Waals surface area contributed by atoms with Crippen LogP contribution in [0.4, 0.5) is 0 Å². The number of rotatable bonds is 8. The summed E-state index contributed by atoms with van der Waals surface area (Å²) in [5.74, 6) is 0.00269. The molecule has 0 saturated carbocycles. The average molecular weight is 453 g/mol. The second kappa shape index (κ2) is 11.3. The second-order valence-corrected chi connectivity index (χ2v) is 9.74. The van der Waals surface area contributed by atoms with E-state index in [1.165, 1.54) is 0 Å². The van der Waals surface area contributed by atoms with Crippen molar-refractivity contribution < 1.29 is 9.59 Å². The molecule has 0 radical (unpaired) electrons. The second-order valence-electron chi connectivity index (χ2n) is 9.74. The summed E-state index contributed by atoms with van der Waals surface area (Å²) in [6.07, 6.45) is 10.2. The van der Waals surface area contributed by atoms with E-state index in [2.05, 4.69) is 38.0 Å². The van der Waals surface area contributed by atoms with Gasteiger partial charge in [-0.3, -0.25) is 19.4 Å². The van der Waals surface area contributed by atoms with Gasteiger partial charge in [0.1, 0.15) is 11.1 Å². The first-order valence-corrected chi connectivity index (χ1v) is 12.0. The molecule has 1 saturated heterocycles. The summed E-state index contributed by atoms with van der Waals surface area (Å²) in [6.45, 7) is 9.96. The van der Waals surface area contributed by atoms with Gasteiger partial charge in [0.25, 0.3) is 11.8 Å². The number of piperidine rings is 1. The summed E-state index contributed by atoms with van der Waals surface area (Å²) in [4.78, 5) is 45.9. The molecule has 0 aromatic carbocycles. The Morgan fingerprint density at radius 1 is 1.12 bits per heavy atom. The van der Waals surface area contributed by atoms with Gasteiger partial charge in [0, 0.05) is 44.4 Å². The van der Waals surface area contributed by atoms with E-state index >= 15 is 0 Å². The van der Waals surface area contributed by atoms with Crippen LogP contribution in [0.15, 0.2) is 41.7 Å². The Kier molecular flexibility index (Phi) is 8.42. The molecule has 178 valence electrons. The van der Waals surface area contributed by atoms with Gasteiger partial charge in [0.15, 0.2) is 0 Å². The zero-order valence-electron chi connectivity index (χ0n) is 20.2. The maximum Gasteiger partial charge on any atom is 0.259 e. The lowest BCUT2D eigenvalue weighted by Gasteiger charge is -2.36. The molecule has 0 unspecified atom stereocenters. The van der Waals surface area contributed by atoms with E-state index in [4.69, 9.17) is 0 Å². The normalized spacial score (nSPS) is 16.3. The monoisotopic (exact) mass is 452 g/mol. The van der Waals surface area contributed by atoms with E-state index in [0.717, 1.165) is 31.2 Å². The van der Waals surface area contributed by atoms with Crippen molar-refractivity contribution in [3.8, 4) is 0 Å². The number of aromatic nitrogens is 2. The van der Waals surface area contributed by atoms with E-state index < -0.39 is 11.3 Å². The molecule has 0 aliphatic carbocycles. The van der Waals surface area contributed by atoms with Crippen LogP contribution in [-0.4, -0.2) is 39.4 Å². The molecule has 7 heteroatoms. The standard InChI is InChI=1S/C26H36N4O3/c1-18(2)10-12-28-25(32)21-16-29(15-19(3)4)17-22(24(21)31)26(33)30-13-6-5-9-23(30)20-8-7-11-27-14-20/h7-8,11,14,16-19,23H,5-6,9-10,12-13,15H2,1-4H3,(H,28,32)/t23-/m1/s1. The van der Waals surface area contributed by atoms with Crippen LogP contribution in [0.5, 0.6) is 0 Å². The van der Waals surface area contributed by atoms with E-state index in [0.29, 0.717) is 31.5 Å². The molecule has 0 bridgehead atoms. The molecule has 2 amide bonds. The third-order valence-electron chi connectivity index (χ3n) is 5.97. The van der Waals surface area contributed by atoms with Crippen molar-refractivity contribution in [2.75, 3.05) is 13.1 Å². The fourth-order valence-corrected chi connectivity index (χ4v) is 4.29. The summed E-state index contributed by atoms with van der Waals surface area (Å²) < 4.78 is 1.81. The third-order valence-corrected chi connectivity index (χ3v) is 5.97. The van der Waals surface area contributed by atoms with E-state index in [1.807, 2.05) is 12.1 Å². The fourth-order valence-electron chi connectivity index (χ4n) is 4.29. The molecule has 1 aliphatic rings. The molecule has 33 heavy (non-hydrogen) atoms. The van der Waals surface area contributed by atoms with Crippen molar-refractivity contribution in [1.29, 1.82) is 0 Å². The number of nitrogens with zero attached hydrogens (tertiary/aromatic N) is 3. The zero-order chi connectivity index (χ0) is 24.0. The highest BCUT2D eigenvalue weighted by atomic mass is 16.2. The maximum absolute atomic E-state index is 13.7. The van der Waals surface area contributed by atoms with Crippen molar-refractivity contribution in [2.24, 2.45) is 11.8 Å². The van der Waals surface area contributed by atoms with Crippen molar-refractivity contribution >= 4 is 11.8 Å². The quantitative estimate of drug-likeness (QED) is 0.655. The SMILES string of the molecule is CC(C)CCNC(=O)c1cn(CC(C)C)cc(C(=O)N2CCCC[C@@H]2c2cccnc2)c1=O. The van der Waals surface area contributed by atoms with Crippen LogP contribution in [0.3, 0.4) is 0 Å². The first-order chi connectivity index (χ1) is 15.8. The molecule has 7 nitrogen and oxygen atoms in total. The van der Waals surface area contributed by atoms with Crippen LogP contribution in [0.1, 0.15) is 85.7 Å². The number of nitrogens with one attached hydrogen (secondary N) is 1. The molecule has 0 spiro atoms. The topological polar surface area (TPSA) is 84.3 Å². The minimum absolute atomic E-state index is 0.0280. The fraction of sp³-hybridized carbons (Fsp3) is 0.538. The van der Waals surface area contributed by atoms with Crippen LogP contribution in [0.2, 0.25) is 0 Å². The van der Waals surface area contributed by atoms with Gasteiger partial charge in [-0.2, -0.15) is 0 Å². The van der Waals surface area contributed by atoms with Gasteiger partial charge >= 0.3 is 0 Å². The molecule has 3 heterocycles. The number of hydrogen-bond donors (Lipinski definition) is 1. The molecule has 3 rings (SSSR count). The number of hydrogen-bond acceptors (Lipinski definition) is 4. The Labute approximate surface area is 196 Å². The minimum atomic E-state index is -0.502. The zero-order valence-corrected chi connectivity index (χ0v) is 20.2. The van der Waals surface area contributed by atoms with Crippen LogP contribution < -0.4 is 10.7 Å². The molecule has 1 fully saturated rings. The number of carbonyl (C=O) groups is 2. The van der Waals surface area contributed by atoms with E-state index in [9.17, 15) is 14.4 Å². The van der Waals surface area contributed by atoms with Crippen molar-refractivity contribution in [3.05, 3.63) is 63.8 Å². The van der Waals surface area contributed by atoms with Crippen molar-refractivity contribution in [3.63, 3.8) is 0 Å². The Hall–Kier alpha value is -2.96. The predicted molar refractivity (Wildman–Crippen MR) is 129 cm³/mol. The van der Waals surface area contributed by atoms with Crippen LogP contribution in [0.25, 0.3) is 0 Å². The predicted octanol–water partition coefficient (Wildman–Crippen LogP) is 4.04. The van der Waals surface area contributed by atoms with Crippen molar-refractivity contribution in [2.45, 2.75) is 66.0 Å². The number of likely N-dealkylation sites (tertiary alicyclic amines) is 1. The molecule has 2 aromatic rings. The first-order valence-electron chi connectivity index (χ1n) is 12.0. The lowest BCUT2D eigenvalue weighted by Crippen LogP contribution is -2.42. The highest BCUT2D eigenvalue weighted by molar-refractivity contribution is 5.99. The maximum atomic E-state index is 13.7. The molecular formula is C26H36N4O3. The number of carbonyl (C=O) groups excluding carboxylic acids is 2. The summed E-state index contributed by atoms with van der Waals surface area (Å²) >= 11 is 0. The Morgan fingerprint density at radius 3 is 2.55 bits per heavy atom. The van der Waals surface area contributed by atoms with Gasteiger partial charge in [0.2, 0.25) is 5.43 Å². The Bertz CT molecular complexity index is 1010. The van der Waals surface area contributed by atoms with Crippen LogP contribution in [0, 0.1) is 11.8 Å². The first kappa shape index (κ1) is 24.7. The largest absolute Gasteiger partial charge is 0.352 e. The summed E-state index contributed by atoms with van der Waals surface area (Å²) in [6, 6.07) is 3.71. The van der Waals surface area contributed by atoms with Crippen LogP contribution in [-0.2, 0) is 6.54 Å². The molecule has 1 N–H and O–H groups in total. The summed E-state index contributed by atoms with van der Waals surface area (Å²) in [7, 11) is 0. The van der Waals surface area contributed by atoms with Gasteiger partial charge in [-0.15, -0.1) is 0 Å². The lowest BCUT2D eigenvalue weighted by atomic mass is 9.95. The van der Waals surface area contributed by atoms with Gasteiger partial charge in [-0.05, 0) is 49.1 Å². The minimum Gasteiger partial charge on any atom is -0.352 e. The Balaban J connectivity index is 1.96. The van der Waals surface area contributed by atoms with Gasteiger partial charge in [0.05, 0.1) is 6.04 Å². The number of amides is 2. The van der Waals surface area contributed by atoms with Gasteiger partial charge in [-0.1, -0.05) is 33.8 Å². The number of pyridine rings is 2. The molecule has 1 aliphatic heterocycles. The summed E-state index contributed by atoms with van der Waals surface area (Å²) in [5.41, 5.74) is 0.552. The third kappa shape index (κ3) is 6.30. The highest BCUT2D eigenvalue weighted by Gasteiger charge is 2.31. The van der Waals surface area contributed by atoms with E-state index in [1.54, 1.807) is 34.3 Å². The lowest BCUT2D eigenvalue weighted by molar-refractivity contribution is 0.0608. The van der Waals surface area contributed by atoms with Crippen LogP contribution >= 0.6 is 0 Å². The van der Waals surface area contributed by atoms with E-state index in [-0.39, 0.29) is 23.1 Å². The summed E-state index contributed by atoms with van der Waals surface area (Å²) in [5, 5.41) is 2.85. The van der Waals surface area contributed by atoms with Gasteiger partial charge in [-0.25, -0.2) is 0 Å². The van der Waals surface area contributed by atoms with Crippen molar-refractivity contribution in [1.82, 2.24) is 19.8 Å². The average Bonchev–Trinajstić information content (AvgIpc) is 2.79. The smallest absolute Gasteiger partial charge is 0.259 e. The van der Waals surface area contributed by atoms with Gasteiger partial charge < -0.3 is 14.8 Å².